The van der Waals surface area contributed by atoms with Crippen molar-refractivity contribution >= 4 is 10.8 Å². The molecule has 49 heavy (non-hydrogen) atoms. The molecule has 0 bridgehead atoms. The highest BCUT2D eigenvalue weighted by Gasteiger charge is 2.38. The monoisotopic (exact) mass is 627 g/mol. The molecule has 3 heteroatoms. The van der Waals surface area contributed by atoms with Crippen LogP contribution >= 0.6 is 0 Å². The average Bonchev–Trinajstić information content (AvgIpc) is 3.40. The molecule has 1 aromatic heterocycles. The highest BCUT2D eigenvalue weighted by molar-refractivity contribution is 6.07. The van der Waals surface area contributed by atoms with Crippen molar-refractivity contribution in [2.45, 2.75) is 19.3 Å². The van der Waals surface area contributed by atoms with Gasteiger partial charge in [0.1, 0.15) is 0 Å². The fourth-order valence-corrected chi connectivity index (χ4v) is 7.43. The first-order valence-electron chi connectivity index (χ1n) is 16.8. The molecule has 0 saturated carbocycles. The van der Waals surface area contributed by atoms with Crippen LogP contribution < -0.4 is 0 Å². The summed E-state index contributed by atoms with van der Waals surface area (Å²) < 4.78 is 0. The van der Waals surface area contributed by atoms with Gasteiger partial charge in [0.2, 0.25) is 0 Å². The normalized spacial score (nSPS) is 12.9. The van der Waals surface area contributed by atoms with E-state index >= 15 is 0 Å². The number of hydrogen-bond donors (Lipinski definition) is 0. The van der Waals surface area contributed by atoms with Crippen LogP contribution in [0.2, 0.25) is 0 Å². The molecule has 0 atom stereocenters. The van der Waals surface area contributed by atoms with Gasteiger partial charge in [-0.3, -0.25) is 0 Å². The Morgan fingerprint density at radius 3 is 1.49 bits per heavy atom. The molecule has 3 nitrogen and oxygen atoms in total. The van der Waals surface area contributed by atoms with Crippen LogP contribution in [0, 0.1) is 0 Å². The maximum Gasteiger partial charge on any atom is 0.165 e. The lowest BCUT2D eigenvalue weighted by Crippen LogP contribution is -2.15. The fraction of sp³-hybridized carbons (Fsp3) is 0.0652. The molecule has 0 fully saturated rings. The van der Waals surface area contributed by atoms with Crippen LogP contribution in [0.15, 0.2) is 164 Å². The van der Waals surface area contributed by atoms with Gasteiger partial charge in [0.25, 0.3) is 0 Å². The van der Waals surface area contributed by atoms with Crippen LogP contribution in [0.4, 0.5) is 0 Å². The molecular weight excluding hydrogens is 595 g/mol. The van der Waals surface area contributed by atoms with Crippen LogP contribution in [0.1, 0.15) is 25.0 Å². The standard InChI is InChI=1S/C46H33N3/c1-46(2)39-26-12-11-25-38(39)41-40(46)29-34-19-9-10-24-37(34)42(41)45-48-43(35-22-13-20-32(27-35)30-15-5-3-6-16-30)47-44(49-45)36-23-14-21-33(28-36)31-17-7-4-8-18-31/h3-29H,1-2H3. The maximum absolute atomic E-state index is 5.34. The van der Waals surface area contributed by atoms with E-state index < -0.39 is 0 Å². The summed E-state index contributed by atoms with van der Waals surface area (Å²) >= 11 is 0. The van der Waals surface area contributed by atoms with Crippen LogP contribution in [0.25, 0.3) is 78.3 Å². The smallest absolute Gasteiger partial charge is 0.165 e. The lowest BCUT2D eigenvalue weighted by Gasteiger charge is -2.22. The van der Waals surface area contributed by atoms with Gasteiger partial charge < -0.3 is 0 Å². The first-order valence-corrected chi connectivity index (χ1v) is 16.8. The van der Waals surface area contributed by atoms with E-state index in [1.54, 1.807) is 0 Å². The summed E-state index contributed by atoms with van der Waals surface area (Å²) in [6, 6.07) is 57.7. The Labute approximate surface area is 286 Å². The van der Waals surface area contributed by atoms with Crippen LogP contribution in [-0.2, 0) is 5.41 Å². The predicted molar refractivity (Wildman–Crippen MR) is 202 cm³/mol. The molecule has 1 heterocycles. The van der Waals surface area contributed by atoms with Gasteiger partial charge in [-0.2, -0.15) is 0 Å². The zero-order chi connectivity index (χ0) is 33.0. The Kier molecular flexibility index (Phi) is 6.80. The second kappa shape index (κ2) is 11.5. The molecule has 1 aliphatic carbocycles. The zero-order valence-electron chi connectivity index (χ0n) is 27.4. The fourth-order valence-electron chi connectivity index (χ4n) is 7.43. The van der Waals surface area contributed by atoms with Crippen molar-refractivity contribution in [3.8, 4) is 67.5 Å². The third kappa shape index (κ3) is 4.94. The van der Waals surface area contributed by atoms with Crippen molar-refractivity contribution in [2.24, 2.45) is 0 Å². The zero-order valence-corrected chi connectivity index (χ0v) is 27.4. The van der Waals surface area contributed by atoms with Crippen molar-refractivity contribution in [3.05, 3.63) is 175 Å². The summed E-state index contributed by atoms with van der Waals surface area (Å²) in [7, 11) is 0. The first-order chi connectivity index (χ1) is 24.0. The van der Waals surface area contributed by atoms with Gasteiger partial charge in [0, 0.05) is 22.1 Å². The Morgan fingerprint density at radius 2 is 0.857 bits per heavy atom. The van der Waals surface area contributed by atoms with Gasteiger partial charge in [-0.25, -0.2) is 15.0 Å². The first kappa shape index (κ1) is 29.0. The van der Waals surface area contributed by atoms with Crippen molar-refractivity contribution in [3.63, 3.8) is 0 Å². The van der Waals surface area contributed by atoms with Gasteiger partial charge in [0.15, 0.2) is 17.5 Å². The van der Waals surface area contributed by atoms with E-state index in [4.69, 9.17) is 15.0 Å². The van der Waals surface area contributed by atoms with Gasteiger partial charge in [-0.05, 0) is 73.5 Å². The minimum absolute atomic E-state index is 0.169. The number of aromatic nitrogens is 3. The van der Waals surface area contributed by atoms with Crippen molar-refractivity contribution < 1.29 is 0 Å². The minimum atomic E-state index is -0.169. The van der Waals surface area contributed by atoms with Crippen LogP contribution in [-0.4, -0.2) is 15.0 Å². The predicted octanol–water partition coefficient (Wildman–Crippen LogP) is 11.7. The lowest BCUT2D eigenvalue weighted by molar-refractivity contribution is 0.661. The highest BCUT2D eigenvalue weighted by Crippen LogP contribution is 2.54. The number of nitrogens with zero attached hydrogens (tertiary/aromatic N) is 3. The van der Waals surface area contributed by atoms with Crippen molar-refractivity contribution in [1.29, 1.82) is 0 Å². The van der Waals surface area contributed by atoms with E-state index in [1.165, 1.54) is 27.6 Å². The van der Waals surface area contributed by atoms with E-state index in [0.29, 0.717) is 17.5 Å². The Bertz CT molecular complexity index is 2410. The molecular formula is C46H33N3. The molecule has 232 valence electrons. The summed E-state index contributed by atoms with van der Waals surface area (Å²) in [5, 5.41) is 2.31. The SMILES string of the molecule is CC1(C)c2ccccc2-c2c1cc1ccccc1c2-c1nc(-c2cccc(-c3ccccc3)c2)nc(-c2cccc(-c3ccccc3)c2)n1. The molecule has 0 aliphatic heterocycles. The maximum atomic E-state index is 5.34. The Balaban J connectivity index is 1.33. The van der Waals surface area contributed by atoms with E-state index in [2.05, 4.69) is 166 Å². The van der Waals surface area contributed by atoms with Crippen molar-refractivity contribution in [1.82, 2.24) is 15.0 Å². The topological polar surface area (TPSA) is 38.7 Å². The summed E-state index contributed by atoms with van der Waals surface area (Å²) in [6.07, 6.45) is 0. The van der Waals surface area contributed by atoms with E-state index in [1.807, 2.05) is 12.1 Å². The number of hydrogen-bond acceptors (Lipinski definition) is 3. The molecule has 0 saturated heterocycles. The third-order valence-corrected chi connectivity index (χ3v) is 9.91. The molecule has 8 aromatic rings. The number of fused-ring (bicyclic) bond motifs is 4. The van der Waals surface area contributed by atoms with E-state index in [0.717, 1.165) is 44.3 Å². The number of benzene rings is 7. The Morgan fingerprint density at radius 1 is 0.367 bits per heavy atom. The molecule has 1 aliphatic rings. The molecule has 0 N–H and O–H groups in total. The summed E-state index contributed by atoms with van der Waals surface area (Å²) in [5.74, 6) is 1.97. The molecule has 7 aromatic carbocycles. The van der Waals surface area contributed by atoms with Gasteiger partial charge in [0.05, 0.1) is 0 Å². The summed E-state index contributed by atoms with van der Waals surface area (Å²) in [5.41, 5.74) is 12.4. The van der Waals surface area contributed by atoms with Crippen LogP contribution in [0.5, 0.6) is 0 Å². The molecule has 0 amide bonds. The second-order valence-corrected chi connectivity index (χ2v) is 13.3. The lowest BCUT2D eigenvalue weighted by atomic mass is 9.81. The molecule has 9 rings (SSSR count). The largest absolute Gasteiger partial charge is 0.208 e. The number of rotatable bonds is 5. The third-order valence-electron chi connectivity index (χ3n) is 9.91. The van der Waals surface area contributed by atoms with Gasteiger partial charge in [-0.1, -0.05) is 159 Å². The summed E-state index contributed by atoms with van der Waals surface area (Å²) in [4.78, 5) is 15.9. The van der Waals surface area contributed by atoms with Gasteiger partial charge >= 0.3 is 0 Å². The second-order valence-electron chi connectivity index (χ2n) is 13.3. The van der Waals surface area contributed by atoms with E-state index in [9.17, 15) is 0 Å². The quantitative estimate of drug-likeness (QED) is 0.191. The van der Waals surface area contributed by atoms with Gasteiger partial charge in [-0.15, -0.1) is 0 Å². The van der Waals surface area contributed by atoms with Crippen LogP contribution in [0.3, 0.4) is 0 Å². The van der Waals surface area contributed by atoms with Crippen molar-refractivity contribution in [2.75, 3.05) is 0 Å². The average molecular weight is 628 g/mol. The highest BCUT2D eigenvalue weighted by atomic mass is 15.0. The van der Waals surface area contributed by atoms with E-state index in [-0.39, 0.29) is 5.41 Å². The summed E-state index contributed by atoms with van der Waals surface area (Å²) in [6.45, 7) is 4.65. The molecule has 0 unspecified atom stereocenters. The minimum Gasteiger partial charge on any atom is -0.208 e. The molecule has 0 spiro atoms. The Hall–Kier alpha value is -6.19. The molecule has 0 radical (unpaired) electrons.